The summed E-state index contributed by atoms with van der Waals surface area (Å²) in [6.07, 6.45) is 5.63. The van der Waals surface area contributed by atoms with Crippen LogP contribution in [-0.2, 0) is 0 Å². The Balaban J connectivity index is 1.65. The van der Waals surface area contributed by atoms with E-state index in [4.69, 9.17) is 0 Å². The van der Waals surface area contributed by atoms with Gasteiger partial charge >= 0.3 is 0 Å². The molecule has 2 heterocycles. The summed E-state index contributed by atoms with van der Waals surface area (Å²) in [5, 5.41) is 5.73. The van der Waals surface area contributed by atoms with Gasteiger partial charge < -0.3 is 10.6 Å². The van der Waals surface area contributed by atoms with Crippen molar-refractivity contribution in [2.75, 3.05) is 6.54 Å². The summed E-state index contributed by atoms with van der Waals surface area (Å²) >= 11 is 0. The van der Waals surface area contributed by atoms with Gasteiger partial charge in [-0.25, -0.2) is 9.97 Å². The van der Waals surface area contributed by atoms with E-state index in [2.05, 4.69) is 20.6 Å². The van der Waals surface area contributed by atoms with Gasteiger partial charge in [-0.2, -0.15) is 8.78 Å². The molecule has 0 atom stereocenters. The molecule has 2 aromatic rings. The average Bonchev–Trinajstić information content (AvgIpc) is 3.09. The van der Waals surface area contributed by atoms with Crippen molar-refractivity contribution in [2.45, 2.75) is 31.2 Å². The molecule has 2 amide bonds. The molecule has 2 aromatic heterocycles. The SMILES string of the molecule is O=C(NCC1(NC(=O)c2ccc(F)nc2)CCCC1)c1ccc(F)nc1. The predicted octanol–water partition coefficient (Wildman–Crippen LogP) is 2.23. The maximum atomic E-state index is 12.9. The molecule has 0 spiro atoms. The van der Waals surface area contributed by atoms with Crippen molar-refractivity contribution in [3.8, 4) is 0 Å². The smallest absolute Gasteiger partial charge is 0.253 e. The van der Waals surface area contributed by atoms with E-state index >= 15 is 0 Å². The van der Waals surface area contributed by atoms with Crippen LogP contribution in [0, 0.1) is 11.9 Å². The third kappa shape index (κ3) is 4.19. The summed E-state index contributed by atoms with van der Waals surface area (Å²) in [6.45, 7) is 0.240. The average molecular weight is 360 g/mol. The highest BCUT2D eigenvalue weighted by molar-refractivity contribution is 5.95. The van der Waals surface area contributed by atoms with Crippen LogP contribution < -0.4 is 10.6 Å². The number of pyridine rings is 2. The van der Waals surface area contributed by atoms with Crippen LogP contribution in [0.25, 0.3) is 0 Å². The first-order chi connectivity index (χ1) is 12.5. The first kappa shape index (κ1) is 17.9. The largest absolute Gasteiger partial charge is 0.350 e. The van der Waals surface area contributed by atoms with Crippen LogP contribution >= 0.6 is 0 Å². The third-order valence-electron chi connectivity index (χ3n) is 4.51. The van der Waals surface area contributed by atoms with E-state index in [0.717, 1.165) is 44.0 Å². The Kier molecular flexibility index (Phi) is 5.20. The van der Waals surface area contributed by atoms with Gasteiger partial charge in [-0.1, -0.05) is 12.8 Å². The minimum absolute atomic E-state index is 0.240. The zero-order valence-corrected chi connectivity index (χ0v) is 14.0. The molecule has 1 aliphatic rings. The number of hydrogen-bond donors (Lipinski definition) is 2. The molecule has 1 fully saturated rings. The minimum Gasteiger partial charge on any atom is -0.350 e. The van der Waals surface area contributed by atoms with E-state index in [1.807, 2.05) is 0 Å². The number of carbonyl (C=O) groups is 2. The molecule has 0 aliphatic heterocycles. The van der Waals surface area contributed by atoms with Crippen LogP contribution in [-0.4, -0.2) is 33.9 Å². The highest BCUT2D eigenvalue weighted by atomic mass is 19.1. The lowest BCUT2D eigenvalue weighted by molar-refractivity contribution is 0.0866. The number of hydrogen-bond acceptors (Lipinski definition) is 4. The van der Waals surface area contributed by atoms with Gasteiger partial charge in [0.05, 0.1) is 16.7 Å². The van der Waals surface area contributed by atoms with Crippen LogP contribution in [0.15, 0.2) is 36.7 Å². The second-order valence-electron chi connectivity index (χ2n) is 6.36. The van der Waals surface area contributed by atoms with Crippen molar-refractivity contribution < 1.29 is 18.4 Å². The maximum absolute atomic E-state index is 12.9. The molecule has 0 bridgehead atoms. The summed E-state index contributed by atoms with van der Waals surface area (Å²) in [6, 6.07) is 4.95. The molecule has 2 N–H and O–H groups in total. The van der Waals surface area contributed by atoms with E-state index in [1.54, 1.807) is 0 Å². The standard InChI is InChI=1S/C18H18F2N4O2/c19-14-5-3-12(9-21-14)16(25)23-11-18(7-1-2-8-18)24-17(26)13-4-6-15(20)22-10-13/h3-6,9-10H,1-2,7-8,11H2,(H,23,25)(H,24,26). The van der Waals surface area contributed by atoms with Crippen LogP contribution in [0.5, 0.6) is 0 Å². The zero-order chi connectivity index (χ0) is 18.6. The molecule has 0 saturated heterocycles. The number of amides is 2. The Hall–Kier alpha value is -2.90. The Morgan fingerprint density at radius 2 is 1.46 bits per heavy atom. The molecule has 1 aliphatic carbocycles. The second-order valence-corrected chi connectivity index (χ2v) is 6.36. The van der Waals surface area contributed by atoms with Gasteiger partial charge in [0.25, 0.3) is 11.8 Å². The fraction of sp³-hybridized carbons (Fsp3) is 0.333. The molecule has 0 aromatic carbocycles. The number of halogens is 2. The number of nitrogens with one attached hydrogen (secondary N) is 2. The lowest BCUT2D eigenvalue weighted by atomic mass is 9.96. The second kappa shape index (κ2) is 7.55. The van der Waals surface area contributed by atoms with Crippen molar-refractivity contribution in [1.29, 1.82) is 0 Å². The topological polar surface area (TPSA) is 84.0 Å². The molecule has 8 heteroatoms. The van der Waals surface area contributed by atoms with E-state index in [9.17, 15) is 18.4 Å². The summed E-state index contributed by atoms with van der Waals surface area (Å²) < 4.78 is 25.8. The molecule has 6 nitrogen and oxygen atoms in total. The van der Waals surface area contributed by atoms with E-state index < -0.39 is 17.4 Å². The third-order valence-corrected chi connectivity index (χ3v) is 4.51. The number of rotatable bonds is 5. The van der Waals surface area contributed by atoms with Crippen LogP contribution in [0.1, 0.15) is 46.4 Å². The Bertz CT molecular complexity index is 788. The Labute approximate surface area is 149 Å². The Morgan fingerprint density at radius 3 is 1.96 bits per heavy atom. The van der Waals surface area contributed by atoms with Gasteiger partial charge in [0, 0.05) is 18.9 Å². The van der Waals surface area contributed by atoms with Gasteiger partial charge in [-0.15, -0.1) is 0 Å². The quantitative estimate of drug-likeness (QED) is 0.801. The van der Waals surface area contributed by atoms with Crippen molar-refractivity contribution in [3.05, 3.63) is 59.7 Å². The molecular formula is C18H18F2N4O2. The van der Waals surface area contributed by atoms with E-state index in [1.165, 1.54) is 18.3 Å². The minimum atomic E-state index is -0.658. The lowest BCUT2D eigenvalue weighted by Gasteiger charge is -2.30. The monoisotopic (exact) mass is 360 g/mol. The van der Waals surface area contributed by atoms with Gasteiger partial charge in [-0.3, -0.25) is 9.59 Å². The molecule has 26 heavy (non-hydrogen) atoms. The lowest BCUT2D eigenvalue weighted by Crippen LogP contribution is -2.54. The fourth-order valence-corrected chi connectivity index (χ4v) is 3.08. The number of nitrogens with zero attached hydrogens (tertiary/aromatic N) is 2. The number of aromatic nitrogens is 2. The molecule has 0 radical (unpaired) electrons. The normalized spacial score (nSPS) is 15.5. The van der Waals surface area contributed by atoms with Gasteiger partial charge in [0.1, 0.15) is 0 Å². The molecule has 0 unspecified atom stereocenters. The molecule has 1 saturated carbocycles. The van der Waals surface area contributed by atoms with Crippen molar-refractivity contribution >= 4 is 11.8 Å². The zero-order valence-electron chi connectivity index (χ0n) is 14.0. The van der Waals surface area contributed by atoms with Crippen molar-refractivity contribution in [3.63, 3.8) is 0 Å². The van der Waals surface area contributed by atoms with Gasteiger partial charge in [-0.05, 0) is 37.1 Å². The highest BCUT2D eigenvalue weighted by Crippen LogP contribution is 2.29. The summed E-state index contributed by atoms with van der Waals surface area (Å²) in [5.41, 5.74) is -0.0745. The van der Waals surface area contributed by atoms with Crippen molar-refractivity contribution in [2.24, 2.45) is 0 Å². The van der Waals surface area contributed by atoms with Gasteiger partial charge in [0.15, 0.2) is 0 Å². The molecular weight excluding hydrogens is 342 g/mol. The maximum Gasteiger partial charge on any atom is 0.253 e. The summed E-state index contributed by atoms with van der Waals surface area (Å²) in [7, 11) is 0. The molecule has 3 rings (SSSR count). The van der Waals surface area contributed by atoms with Crippen LogP contribution in [0.2, 0.25) is 0 Å². The summed E-state index contributed by atoms with van der Waals surface area (Å²) in [4.78, 5) is 31.6. The summed E-state index contributed by atoms with van der Waals surface area (Å²) in [5.74, 6) is -2.06. The van der Waals surface area contributed by atoms with E-state index in [-0.39, 0.29) is 29.5 Å². The first-order valence-corrected chi connectivity index (χ1v) is 8.31. The van der Waals surface area contributed by atoms with Crippen LogP contribution in [0.4, 0.5) is 8.78 Å². The van der Waals surface area contributed by atoms with Gasteiger partial charge in [0.2, 0.25) is 11.9 Å². The predicted molar refractivity (Wildman–Crippen MR) is 89.4 cm³/mol. The van der Waals surface area contributed by atoms with Crippen molar-refractivity contribution in [1.82, 2.24) is 20.6 Å². The van der Waals surface area contributed by atoms with E-state index in [0.29, 0.717) is 0 Å². The first-order valence-electron chi connectivity index (χ1n) is 8.31. The Morgan fingerprint density at radius 1 is 0.923 bits per heavy atom. The van der Waals surface area contributed by atoms with Crippen LogP contribution in [0.3, 0.4) is 0 Å². The fourth-order valence-electron chi connectivity index (χ4n) is 3.08. The highest BCUT2D eigenvalue weighted by Gasteiger charge is 2.36. The molecule has 136 valence electrons. The number of carbonyl (C=O) groups excluding carboxylic acids is 2.